The van der Waals surface area contributed by atoms with E-state index in [1.165, 1.54) is 15.6 Å². The SMILES string of the molecule is CCCC1(C(=O)Cc2csc3ccccc23)CCNC1. The summed E-state index contributed by atoms with van der Waals surface area (Å²) in [5, 5.41) is 6.79. The third-order valence-corrected chi connectivity index (χ3v) is 5.49. The molecule has 1 fully saturated rings. The summed E-state index contributed by atoms with van der Waals surface area (Å²) in [5.74, 6) is 0.424. The molecule has 0 spiro atoms. The average molecular weight is 287 g/mol. The molecule has 1 aliphatic rings. The number of hydrogen-bond acceptors (Lipinski definition) is 3. The van der Waals surface area contributed by atoms with Crippen LogP contribution < -0.4 is 5.32 Å². The van der Waals surface area contributed by atoms with E-state index in [9.17, 15) is 4.79 Å². The van der Waals surface area contributed by atoms with Crippen LogP contribution in [0.5, 0.6) is 0 Å². The summed E-state index contributed by atoms with van der Waals surface area (Å²) in [6.45, 7) is 4.02. The molecular formula is C17H21NOS. The van der Waals surface area contributed by atoms with Gasteiger partial charge in [0.1, 0.15) is 5.78 Å². The minimum absolute atomic E-state index is 0.113. The van der Waals surface area contributed by atoms with Crippen LogP contribution in [-0.2, 0) is 11.2 Å². The second-order valence-electron chi connectivity index (χ2n) is 5.81. The highest BCUT2D eigenvalue weighted by atomic mass is 32.1. The lowest BCUT2D eigenvalue weighted by atomic mass is 9.76. The number of hydrogen-bond donors (Lipinski definition) is 1. The topological polar surface area (TPSA) is 29.1 Å². The molecule has 1 aromatic carbocycles. The van der Waals surface area contributed by atoms with Crippen molar-refractivity contribution in [2.45, 2.75) is 32.6 Å². The molecule has 2 heterocycles. The third-order valence-electron chi connectivity index (χ3n) is 4.48. The van der Waals surface area contributed by atoms with Gasteiger partial charge >= 0.3 is 0 Å². The average Bonchev–Trinajstić information content (AvgIpc) is 3.08. The van der Waals surface area contributed by atoms with Crippen LogP contribution in [0.1, 0.15) is 31.7 Å². The van der Waals surface area contributed by atoms with Gasteiger partial charge in [0.05, 0.1) is 0 Å². The summed E-state index contributed by atoms with van der Waals surface area (Å²) in [7, 11) is 0. The minimum Gasteiger partial charge on any atom is -0.316 e. The molecule has 3 rings (SSSR count). The zero-order valence-corrected chi connectivity index (χ0v) is 12.8. The van der Waals surface area contributed by atoms with Gasteiger partial charge in [-0.15, -0.1) is 11.3 Å². The summed E-state index contributed by atoms with van der Waals surface area (Å²) in [5.41, 5.74) is 1.09. The van der Waals surface area contributed by atoms with E-state index >= 15 is 0 Å². The van der Waals surface area contributed by atoms with Gasteiger partial charge in [0.25, 0.3) is 0 Å². The van der Waals surface area contributed by atoms with Crippen molar-refractivity contribution >= 4 is 27.2 Å². The smallest absolute Gasteiger partial charge is 0.144 e. The van der Waals surface area contributed by atoms with Crippen LogP contribution in [0.15, 0.2) is 29.6 Å². The van der Waals surface area contributed by atoms with Crippen LogP contribution >= 0.6 is 11.3 Å². The van der Waals surface area contributed by atoms with E-state index in [1.54, 1.807) is 11.3 Å². The number of rotatable bonds is 5. The molecule has 1 atom stereocenters. The fraction of sp³-hybridized carbons (Fsp3) is 0.471. The van der Waals surface area contributed by atoms with E-state index in [0.717, 1.165) is 32.4 Å². The first kappa shape index (κ1) is 13.8. The molecule has 1 aliphatic heterocycles. The number of nitrogens with one attached hydrogen (secondary N) is 1. The fourth-order valence-electron chi connectivity index (χ4n) is 3.34. The molecule has 1 saturated heterocycles. The number of Topliss-reactive ketones (excluding diaryl/α,β-unsaturated/α-hetero) is 1. The van der Waals surface area contributed by atoms with Gasteiger partial charge in [-0.1, -0.05) is 31.5 Å². The maximum Gasteiger partial charge on any atom is 0.144 e. The molecule has 0 radical (unpaired) electrons. The van der Waals surface area contributed by atoms with E-state index < -0.39 is 0 Å². The number of benzene rings is 1. The molecule has 20 heavy (non-hydrogen) atoms. The van der Waals surface area contributed by atoms with Gasteiger partial charge in [-0.25, -0.2) is 0 Å². The van der Waals surface area contributed by atoms with E-state index in [0.29, 0.717) is 12.2 Å². The quantitative estimate of drug-likeness (QED) is 0.906. The Kier molecular flexibility index (Phi) is 3.90. The highest BCUT2D eigenvalue weighted by Crippen LogP contribution is 2.35. The van der Waals surface area contributed by atoms with Crippen molar-refractivity contribution < 1.29 is 4.79 Å². The molecule has 1 N–H and O–H groups in total. The summed E-state index contributed by atoms with van der Waals surface area (Å²) < 4.78 is 1.28. The van der Waals surface area contributed by atoms with Crippen molar-refractivity contribution in [3.8, 4) is 0 Å². The van der Waals surface area contributed by atoms with E-state index in [2.05, 4.69) is 41.9 Å². The first-order valence-electron chi connectivity index (χ1n) is 7.44. The predicted octanol–water partition coefficient (Wildman–Crippen LogP) is 3.79. The van der Waals surface area contributed by atoms with Crippen LogP contribution in [-0.4, -0.2) is 18.9 Å². The summed E-state index contributed by atoms with van der Waals surface area (Å²) in [6, 6.07) is 8.38. The Bertz CT molecular complexity index is 610. The minimum atomic E-state index is -0.113. The van der Waals surface area contributed by atoms with E-state index in [1.807, 2.05) is 0 Å². The lowest BCUT2D eigenvalue weighted by Crippen LogP contribution is -2.34. The van der Waals surface area contributed by atoms with Crippen LogP contribution in [0.25, 0.3) is 10.1 Å². The Morgan fingerprint density at radius 2 is 2.25 bits per heavy atom. The number of carbonyl (C=O) groups excluding carboxylic acids is 1. The van der Waals surface area contributed by atoms with Crippen molar-refractivity contribution in [1.29, 1.82) is 0 Å². The first-order chi connectivity index (χ1) is 9.75. The van der Waals surface area contributed by atoms with E-state index in [-0.39, 0.29) is 5.41 Å². The zero-order valence-electron chi connectivity index (χ0n) is 11.9. The highest BCUT2D eigenvalue weighted by molar-refractivity contribution is 7.17. The standard InChI is InChI=1S/C17H21NOS/c1-2-7-17(8-9-18-12-17)16(19)10-13-11-20-15-6-4-3-5-14(13)15/h3-6,11,18H,2,7-10,12H2,1H3. The number of thiophene rings is 1. The fourth-order valence-corrected chi connectivity index (χ4v) is 4.31. The van der Waals surface area contributed by atoms with Crippen LogP contribution in [0, 0.1) is 5.41 Å². The molecule has 0 bridgehead atoms. The molecule has 0 saturated carbocycles. The van der Waals surface area contributed by atoms with Crippen LogP contribution in [0.2, 0.25) is 0 Å². The van der Waals surface area contributed by atoms with Crippen molar-refractivity contribution in [3.63, 3.8) is 0 Å². The maximum absolute atomic E-state index is 12.8. The second-order valence-corrected chi connectivity index (χ2v) is 6.73. The lowest BCUT2D eigenvalue weighted by molar-refractivity contribution is -0.127. The van der Waals surface area contributed by atoms with Gasteiger partial charge in [0.15, 0.2) is 0 Å². The van der Waals surface area contributed by atoms with E-state index in [4.69, 9.17) is 0 Å². The molecular weight excluding hydrogens is 266 g/mol. The molecule has 1 aromatic heterocycles. The van der Waals surface area contributed by atoms with Crippen LogP contribution in [0.4, 0.5) is 0 Å². The molecule has 2 nitrogen and oxygen atoms in total. The summed E-state index contributed by atoms with van der Waals surface area (Å²) >= 11 is 1.74. The van der Waals surface area contributed by atoms with Crippen molar-refractivity contribution in [1.82, 2.24) is 5.32 Å². The molecule has 3 heteroatoms. The molecule has 2 aromatic rings. The molecule has 106 valence electrons. The predicted molar refractivity (Wildman–Crippen MR) is 85.4 cm³/mol. The normalized spacial score (nSPS) is 22.4. The molecule has 0 aliphatic carbocycles. The van der Waals surface area contributed by atoms with Gasteiger partial charge in [-0.2, -0.15) is 0 Å². The Balaban J connectivity index is 1.84. The molecule has 0 amide bonds. The number of fused-ring (bicyclic) bond motifs is 1. The largest absolute Gasteiger partial charge is 0.316 e. The monoisotopic (exact) mass is 287 g/mol. The van der Waals surface area contributed by atoms with Crippen molar-refractivity contribution in [3.05, 3.63) is 35.2 Å². The lowest BCUT2D eigenvalue weighted by Gasteiger charge is -2.26. The molecule has 1 unspecified atom stereocenters. The van der Waals surface area contributed by atoms with Crippen LogP contribution in [0.3, 0.4) is 0 Å². The van der Waals surface area contributed by atoms with Gasteiger partial charge in [0, 0.05) is 23.1 Å². The third kappa shape index (κ3) is 2.40. The summed E-state index contributed by atoms with van der Waals surface area (Å²) in [4.78, 5) is 12.8. The number of carbonyl (C=O) groups is 1. The Morgan fingerprint density at radius 1 is 1.40 bits per heavy atom. The second kappa shape index (κ2) is 5.66. The van der Waals surface area contributed by atoms with Crippen molar-refractivity contribution in [2.24, 2.45) is 5.41 Å². The van der Waals surface area contributed by atoms with Gasteiger partial charge in [0.2, 0.25) is 0 Å². The first-order valence-corrected chi connectivity index (χ1v) is 8.32. The Hall–Kier alpha value is -1.19. The van der Waals surface area contributed by atoms with Gasteiger partial charge in [-0.3, -0.25) is 4.79 Å². The van der Waals surface area contributed by atoms with Gasteiger partial charge in [-0.05, 0) is 41.8 Å². The number of ketones is 1. The Labute approximate surface area is 124 Å². The zero-order chi connectivity index (χ0) is 14.0. The van der Waals surface area contributed by atoms with Crippen molar-refractivity contribution in [2.75, 3.05) is 13.1 Å². The summed E-state index contributed by atoms with van der Waals surface area (Å²) in [6.07, 6.45) is 3.69. The maximum atomic E-state index is 12.8. The van der Waals surface area contributed by atoms with Gasteiger partial charge < -0.3 is 5.32 Å². The Morgan fingerprint density at radius 3 is 3.00 bits per heavy atom. The highest BCUT2D eigenvalue weighted by Gasteiger charge is 2.39.